The number of nitrogens with two attached hydrogens (primary N) is 1. The summed E-state index contributed by atoms with van der Waals surface area (Å²) in [5.74, 6) is 0.00664. The molecule has 0 heterocycles. The van der Waals surface area contributed by atoms with Gasteiger partial charge in [0.15, 0.2) is 0 Å². The zero-order valence-corrected chi connectivity index (χ0v) is 12.4. The standard InChI is InChI=1S/C17H23FN2O/c1-17(19)8-3-2-7-14(17)16(21)20-15-10-13(15)11-5-4-6-12(18)9-11/h4-6,9,13-15H,2-3,7-8,10,19H2,1H3,(H,20,21). The van der Waals surface area contributed by atoms with E-state index in [2.05, 4.69) is 5.32 Å². The molecule has 114 valence electrons. The molecule has 2 saturated carbocycles. The predicted octanol–water partition coefficient (Wildman–Crippen LogP) is 2.71. The minimum atomic E-state index is -0.397. The van der Waals surface area contributed by atoms with Crippen LogP contribution in [0, 0.1) is 11.7 Å². The summed E-state index contributed by atoms with van der Waals surface area (Å²) in [6, 6.07) is 6.79. The molecular formula is C17H23FN2O. The zero-order chi connectivity index (χ0) is 15.0. The molecule has 1 amide bonds. The van der Waals surface area contributed by atoms with Crippen LogP contribution in [0.25, 0.3) is 0 Å². The molecule has 21 heavy (non-hydrogen) atoms. The van der Waals surface area contributed by atoms with Gasteiger partial charge in [-0.15, -0.1) is 0 Å². The van der Waals surface area contributed by atoms with Gasteiger partial charge in [-0.2, -0.15) is 0 Å². The summed E-state index contributed by atoms with van der Waals surface area (Å²) in [6.45, 7) is 1.98. The molecule has 1 aromatic rings. The Kier molecular flexibility index (Phi) is 3.74. The fourth-order valence-electron chi connectivity index (χ4n) is 3.53. The number of hydrogen-bond donors (Lipinski definition) is 2. The van der Waals surface area contributed by atoms with Gasteiger partial charge < -0.3 is 11.1 Å². The van der Waals surface area contributed by atoms with Crippen molar-refractivity contribution < 1.29 is 9.18 Å². The summed E-state index contributed by atoms with van der Waals surface area (Å²) in [4.78, 5) is 12.4. The average molecular weight is 290 g/mol. The van der Waals surface area contributed by atoms with Crippen molar-refractivity contribution in [1.29, 1.82) is 0 Å². The molecule has 0 saturated heterocycles. The molecule has 4 unspecified atom stereocenters. The maximum Gasteiger partial charge on any atom is 0.225 e. The van der Waals surface area contributed by atoms with E-state index in [1.165, 1.54) is 6.07 Å². The van der Waals surface area contributed by atoms with E-state index in [9.17, 15) is 9.18 Å². The Morgan fingerprint density at radius 1 is 1.43 bits per heavy atom. The van der Waals surface area contributed by atoms with E-state index in [0.717, 1.165) is 37.7 Å². The van der Waals surface area contributed by atoms with Gasteiger partial charge in [0.1, 0.15) is 5.82 Å². The SMILES string of the molecule is CC1(N)CCCCC1C(=O)NC1CC1c1cccc(F)c1. The summed E-state index contributed by atoms with van der Waals surface area (Å²) < 4.78 is 13.2. The van der Waals surface area contributed by atoms with Gasteiger partial charge in [0.05, 0.1) is 5.92 Å². The Labute approximate surface area is 125 Å². The van der Waals surface area contributed by atoms with E-state index in [0.29, 0.717) is 0 Å². The molecule has 4 atom stereocenters. The molecule has 2 aliphatic rings. The molecule has 1 aromatic carbocycles. The third-order valence-corrected chi connectivity index (χ3v) is 4.97. The van der Waals surface area contributed by atoms with Gasteiger partial charge in [-0.1, -0.05) is 25.0 Å². The first-order valence-electron chi connectivity index (χ1n) is 7.82. The van der Waals surface area contributed by atoms with Gasteiger partial charge in [-0.3, -0.25) is 4.79 Å². The second-order valence-electron chi connectivity index (χ2n) is 6.82. The van der Waals surface area contributed by atoms with E-state index in [1.807, 2.05) is 13.0 Å². The molecule has 0 aromatic heterocycles. The van der Waals surface area contributed by atoms with Crippen molar-refractivity contribution in [2.75, 3.05) is 0 Å². The molecule has 2 fully saturated rings. The monoisotopic (exact) mass is 290 g/mol. The second-order valence-corrected chi connectivity index (χ2v) is 6.82. The van der Waals surface area contributed by atoms with E-state index < -0.39 is 5.54 Å². The molecule has 3 N–H and O–H groups in total. The van der Waals surface area contributed by atoms with Crippen LogP contribution in [0.3, 0.4) is 0 Å². The van der Waals surface area contributed by atoms with Gasteiger partial charge in [0.25, 0.3) is 0 Å². The summed E-state index contributed by atoms with van der Waals surface area (Å²) in [5.41, 5.74) is 6.85. The third-order valence-electron chi connectivity index (χ3n) is 4.97. The van der Waals surface area contributed by atoms with Crippen LogP contribution in [-0.4, -0.2) is 17.5 Å². The topological polar surface area (TPSA) is 55.1 Å². The van der Waals surface area contributed by atoms with E-state index in [-0.39, 0.29) is 29.6 Å². The first-order valence-corrected chi connectivity index (χ1v) is 7.82. The normalized spacial score (nSPS) is 35.3. The van der Waals surface area contributed by atoms with Crippen LogP contribution in [-0.2, 0) is 4.79 Å². The highest BCUT2D eigenvalue weighted by molar-refractivity contribution is 5.81. The minimum Gasteiger partial charge on any atom is -0.352 e. The number of amides is 1. The molecule has 0 radical (unpaired) electrons. The van der Waals surface area contributed by atoms with Crippen LogP contribution in [0.15, 0.2) is 24.3 Å². The first kappa shape index (κ1) is 14.5. The second kappa shape index (κ2) is 5.41. The summed E-state index contributed by atoms with van der Waals surface area (Å²) in [7, 11) is 0. The van der Waals surface area contributed by atoms with Crippen molar-refractivity contribution in [3.63, 3.8) is 0 Å². The highest BCUT2D eigenvalue weighted by atomic mass is 19.1. The number of hydrogen-bond acceptors (Lipinski definition) is 2. The Morgan fingerprint density at radius 3 is 2.95 bits per heavy atom. The Bertz CT molecular complexity index is 543. The van der Waals surface area contributed by atoms with Gasteiger partial charge in [-0.25, -0.2) is 4.39 Å². The van der Waals surface area contributed by atoms with Crippen LogP contribution >= 0.6 is 0 Å². The molecule has 0 spiro atoms. The van der Waals surface area contributed by atoms with Crippen LogP contribution in [0.5, 0.6) is 0 Å². The number of benzene rings is 1. The number of carbonyl (C=O) groups is 1. The summed E-state index contributed by atoms with van der Waals surface area (Å²) >= 11 is 0. The minimum absolute atomic E-state index is 0.0728. The van der Waals surface area contributed by atoms with Crippen molar-refractivity contribution in [3.8, 4) is 0 Å². The van der Waals surface area contributed by atoms with Crippen molar-refractivity contribution in [2.24, 2.45) is 11.7 Å². The van der Waals surface area contributed by atoms with E-state index in [4.69, 9.17) is 5.73 Å². The largest absolute Gasteiger partial charge is 0.352 e. The van der Waals surface area contributed by atoms with Crippen LogP contribution in [0.2, 0.25) is 0 Å². The van der Waals surface area contributed by atoms with Crippen LogP contribution < -0.4 is 11.1 Å². The van der Waals surface area contributed by atoms with Crippen molar-refractivity contribution in [3.05, 3.63) is 35.6 Å². The van der Waals surface area contributed by atoms with Gasteiger partial charge >= 0.3 is 0 Å². The average Bonchev–Trinajstić information content (AvgIpc) is 3.17. The van der Waals surface area contributed by atoms with Crippen molar-refractivity contribution in [1.82, 2.24) is 5.32 Å². The van der Waals surface area contributed by atoms with Crippen LogP contribution in [0.1, 0.15) is 50.5 Å². The lowest BCUT2D eigenvalue weighted by Gasteiger charge is -2.37. The molecule has 0 bridgehead atoms. The smallest absolute Gasteiger partial charge is 0.225 e. The van der Waals surface area contributed by atoms with Crippen LogP contribution in [0.4, 0.5) is 4.39 Å². The fourth-order valence-corrected chi connectivity index (χ4v) is 3.53. The molecule has 4 heteroatoms. The highest BCUT2D eigenvalue weighted by Gasteiger charge is 2.43. The lowest BCUT2D eigenvalue weighted by molar-refractivity contribution is -0.128. The van der Waals surface area contributed by atoms with E-state index in [1.54, 1.807) is 12.1 Å². The van der Waals surface area contributed by atoms with Gasteiger partial charge in [-0.05, 0) is 43.9 Å². The molecular weight excluding hydrogens is 267 g/mol. The Hall–Kier alpha value is -1.42. The quantitative estimate of drug-likeness (QED) is 0.899. The Balaban J connectivity index is 1.60. The third kappa shape index (κ3) is 3.10. The fraction of sp³-hybridized carbons (Fsp3) is 0.588. The Morgan fingerprint density at radius 2 is 2.24 bits per heavy atom. The van der Waals surface area contributed by atoms with Gasteiger partial charge in [0.2, 0.25) is 5.91 Å². The molecule has 0 aliphatic heterocycles. The maximum atomic E-state index is 13.2. The lowest BCUT2D eigenvalue weighted by atomic mass is 9.74. The maximum absolute atomic E-state index is 13.2. The zero-order valence-electron chi connectivity index (χ0n) is 12.4. The molecule has 3 nitrogen and oxygen atoms in total. The number of carbonyl (C=O) groups excluding carboxylic acids is 1. The van der Waals surface area contributed by atoms with Crippen molar-refractivity contribution in [2.45, 2.75) is 56.5 Å². The number of nitrogens with one attached hydrogen (secondary N) is 1. The van der Waals surface area contributed by atoms with E-state index >= 15 is 0 Å². The molecule has 2 aliphatic carbocycles. The predicted molar refractivity (Wildman–Crippen MR) is 80.2 cm³/mol. The summed E-state index contributed by atoms with van der Waals surface area (Å²) in [6.07, 6.45) is 4.84. The number of halogens is 1. The highest BCUT2D eigenvalue weighted by Crippen LogP contribution is 2.41. The first-order chi connectivity index (χ1) is 9.97. The van der Waals surface area contributed by atoms with Gasteiger partial charge in [0, 0.05) is 17.5 Å². The summed E-state index contributed by atoms with van der Waals surface area (Å²) in [5, 5.41) is 3.11. The molecule has 3 rings (SSSR count). The lowest BCUT2D eigenvalue weighted by Crippen LogP contribution is -2.53. The number of rotatable bonds is 3. The van der Waals surface area contributed by atoms with Crippen molar-refractivity contribution >= 4 is 5.91 Å².